The summed E-state index contributed by atoms with van der Waals surface area (Å²) in [5.41, 5.74) is 4.00. The third-order valence-electron chi connectivity index (χ3n) is 5.02. The largest absolute Gasteiger partial charge is 0.497 e. The van der Waals surface area contributed by atoms with Crippen LogP contribution in [0.1, 0.15) is 11.4 Å². The molecule has 0 atom stereocenters. The topological polar surface area (TPSA) is 90.3 Å². The van der Waals surface area contributed by atoms with Gasteiger partial charge in [0.1, 0.15) is 17.3 Å². The maximum atomic E-state index is 11.3. The highest BCUT2D eigenvalue weighted by atomic mass is 16.6. The summed E-state index contributed by atoms with van der Waals surface area (Å²) in [7, 11) is 3.25. The molecule has 3 aromatic carbocycles. The molecule has 4 aromatic rings. The fourth-order valence-electron chi connectivity index (χ4n) is 3.36. The molecule has 0 unspecified atom stereocenters. The molecule has 32 heavy (non-hydrogen) atoms. The fraction of sp³-hybridized carbons (Fsp3) is 0.0800. The van der Waals surface area contributed by atoms with Crippen LogP contribution in [0, 0.1) is 10.1 Å². The standard InChI is InChI=1S/C25H21N3O4/c1-31-20-12-7-18(8-13-20)24-25(19-9-14-21(32-2)15-10-19)27-23(26-24)16-11-17-5-3-4-6-22(17)28(29)30/h3-16H,1-2H3,(H,26,27)/b16-11+. The van der Waals surface area contributed by atoms with Crippen molar-refractivity contribution >= 4 is 17.8 Å². The molecule has 0 aliphatic rings. The molecule has 0 bridgehead atoms. The monoisotopic (exact) mass is 427 g/mol. The molecule has 1 heterocycles. The van der Waals surface area contributed by atoms with Gasteiger partial charge in [-0.1, -0.05) is 12.1 Å². The Labute approximate surface area is 185 Å². The Hall–Kier alpha value is -4.39. The first kappa shape index (κ1) is 20.9. The number of nitrogens with one attached hydrogen (secondary N) is 1. The summed E-state index contributed by atoms with van der Waals surface area (Å²) in [5.74, 6) is 2.10. The van der Waals surface area contributed by atoms with E-state index in [0.29, 0.717) is 11.4 Å². The van der Waals surface area contributed by atoms with Gasteiger partial charge in [-0.3, -0.25) is 10.1 Å². The molecule has 7 heteroatoms. The van der Waals surface area contributed by atoms with Crippen molar-refractivity contribution < 1.29 is 14.4 Å². The molecule has 1 aromatic heterocycles. The van der Waals surface area contributed by atoms with Crippen LogP contribution in [0.3, 0.4) is 0 Å². The van der Waals surface area contributed by atoms with Gasteiger partial charge < -0.3 is 14.5 Å². The van der Waals surface area contributed by atoms with Gasteiger partial charge >= 0.3 is 0 Å². The van der Waals surface area contributed by atoms with E-state index in [0.717, 1.165) is 34.0 Å². The predicted octanol–water partition coefficient (Wildman–Crippen LogP) is 5.84. The van der Waals surface area contributed by atoms with E-state index in [1.165, 1.54) is 6.07 Å². The van der Waals surface area contributed by atoms with Gasteiger partial charge in [-0.05, 0) is 66.7 Å². The lowest BCUT2D eigenvalue weighted by atomic mass is 10.0. The van der Waals surface area contributed by atoms with Crippen molar-refractivity contribution in [2.75, 3.05) is 14.2 Å². The van der Waals surface area contributed by atoms with E-state index < -0.39 is 4.92 Å². The van der Waals surface area contributed by atoms with Gasteiger partial charge in [0.05, 0.1) is 36.1 Å². The predicted molar refractivity (Wildman–Crippen MR) is 125 cm³/mol. The smallest absolute Gasteiger partial charge is 0.276 e. The minimum Gasteiger partial charge on any atom is -0.497 e. The Morgan fingerprint density at radius 1 is 0.844 bits per heavy atom. The van der Waals surface area contributed by atoms with Gasteiger partial charge in [-0.15, -0.1) is 0 Å². The van der Waals surface area contributed by atoms with Crippen molar-refractivity contribution in [3.8, 4) is 34.0 Å². The molecule has 0 amide bonds. The normalized spacial score (nSPS) is 10.9. The summed E-state index contributed by atoms with van der Waals surface area (Å²) in [6, 6.07) is 21.9. The van der Waals surface area contributed by atoms with E-state index in [2.05, 4.69) is 4.98 Å². The lowest BCUT2D eigenvalue weighted by Crippen LogP contribution is -1.90. The van der Waals surface area contributed by atoms with Crippen molar-refractivity contribution in [3.63, 3.8) is 0 Å². The van der Waals surface area contributed by atoms with E-state index in [1.807, 2.05) is 48.5 Å². The Morgan fingerprint density at radius 2 is 1.44 bits per heavy atom. The van der Waals surface area contributed by atoms with Crippen LogP contribution in [0.4, 0.5) is 5.69 Å². The van der Waals surface area contributed by atoms with Crippen molar-refractivity contribution in [1.82, 2.24) is 9.97 Å². The molecule has 160 valence electrons. The number of hydrogen-bond acceptors (Lipinski definition) is 5. The second kappa shape index (κ2) is 9.18. The number of nitrogens with zero attached hydrogens (tertiary/aromatic N) is 2. The minimum atomic E-state index is -0.395. The van der Waals surface area contributed by atoms with Gasteiger partial charge in [0.15, 0.2) is 0 Å². The quantitative estimate of drug-likeness (QED) is 0.296. The molecule has 0 spiro atoms. The van der Waals surface area contributed by atoms with Crippen LogP contribution in [0.5, 0.6) is 11.5 Å². The fourth-order valence-corrected chi connectivity index (χ4v) is 3.36. The number of benzene rings is 3. The summed E-state index contributed by atoms with van der Waals surface area (Å²) in [6.45, 7) is 0. The number of nitro groups is 1. The Kier molecular flexibility index (Phi) is 5.98. The second-order valence-electron chi connectivity index (χ2n) is 6.95. The van der Waals surface area contributed by atoms with Crippen LogP contribution in [0.15, 0.2) is 72.8 Å². The van der Waals surface area contributed by atoms with Crippen LogP contribution in [0.2, 0.25) is 0 Å². The number of rotatable bonds is 7. The molecule has 1 N–H and O–H groups in total. The van der Waals surface area contributed by atoms with Gasteiger partial charge in [0.2, 0.25) is 0 Å². The first-order valence-electron chi connectivity index (χ1n) is 9.89. The molecular weight excluding hydrogens is 406 g/mol. The summed E-state index contributed by atoms with van der Waals surface area (Å²) in [5, 5.41) is 11.3. The zero-order valence-corrected chi connectivity index (χ0v) is 17.6. The minimum absolute atomic E-state index is 0.0426. The average molecular weight is 427 g/mol. The lowest BCUT2D eigenvalue weighted by molar-refractivity contribution is -0.385. The molecule has 7 nitrogen and oxygen atoms in total. The van der Waals surface area contributed by atoms with E-state index in [1.54, 1.807) is 44.6 Å². The number of aromatic amines is 1. The van der Waals surface area contributed by atoms with Crippen LogP contribution in [0.25, 0.3) is 34.7 Å². The van der Waals surface area contributed by atoms with Crippen LogP contribution >= 0.6 is 0 Å². The van der Waals surface area contributed by atoms with E-state index in [-0.39, 0.29) is 5.69 Å². The molecule has 0 aliphatic carbocycles. The average Bonchev–Trinajstić information content (AvgIpc) is 3.27. The van der Waals surface area contributed by atoms with Crippen molar-refractivity contribution in [3.05, 3.63) is 94.3 Å². The van der Waals surface area contributed by atoms with Gasteiger partial charge in [0.25, 0.3) is 5.69 Å². The van der Waals surface area contributed by atoms with Crippen molar-refractivity contribution in [2.45, 2.75) is 0 Å². The van der Waals surface area contributed by atoms with Gasteiger partial charge in [-0.25, -0.2) is 4.98 Å². The van der Waals surface area contributed by atoms with Crippen LogP contribution in [-0.4, -0.2) is 29.1 Å². The third-order valence-corrected chi connectivity index (χ3v) is 5.02. The number of para-hydroxylation sites is 1. The third kappa shape index (κ3) is 4.37. The molecule has 0 saturated carbocycles. The SMILES string of the molecule is COc1ccc(-c2nc(/C=C/c3ccccc3[N+](=O)[O-])[nH]c2-c2ccc(OC)cc2)cc1. The van der Waals surface area contributed by atoms with E-state index in [9.17, 15) is 10.1 Å². The first-order chi connectivity index (χ1) is 15.6. The second-order valence-corrected chi connectivity index (χ2v) is 6.95. The number of methoxy groups -OCH3 is 2. The number of H-pyrrole nitrogens is 1. The molecule has 4 rings (SSSR count). The molecule has 0 aliphatic heterocycles. The first-order valence-corrected chi connectivity index (χ1v) is 9.89. The number of aromatic nitrogens is 2. The van der Waals surface area contributed by atoms with E-state index >= 15 is 0 Å². The highest BCUT2D eigenvalue weighted by Gasteiger charge is 2.15. The summed E-state index contributed by atoms with van der Waals surface area (Å²) < 4.78 is 10.5. The number of nitro benzene ring substituents is 1. The molecule has 0 fully saturated rings. The Morgan fingerprint density at radius 3 is 2.03 bits per heavy atom. The summed E-state index contributed by atoms with van der Waals surface area (Å²) in [6.07, 6.45) is 3.43. The van der Waals surface area contributed by atoms with Crippen molar-refractivity contribution in [2.24, 2.45) is 0 Å². The van der Waals surface area contributed by atoms with Crippen LogP contribution < -0.4 is 9.47 Å². The highest BCUT2D eigenvalue weighted by Crippen LogP contribution is 2.32. The number of ether oxygens (including phenoxy) is 2. The molecule has 0 radical (unpaired) electrons. The zero-order chi connectivity index (χ0) is 22.5. The Bertz CT molecular complexity index is 1190. The molecular formula is C25H21N3O4. The summed E-state index contributed by atoms with van der Waals surface area (Å²) >= 11 is 0. The maximum Gasteiger partial charge on any atom is 0.276 e. The highest BCUT2D eigenvalue weighted by molar-refractivity contribution is 5.81. The Balaban J connectivity index is 1.77. The summed E-state index contributed by atoms with van der Waals surface area (Å²) in [4.78, 5) is 19.0. The van der Waals surface area contributed by atoms with Crippen LogP contribution in [-0.2, 0) is 0 Å². The lowest BCUT2D eigenvalue weighted by Gasteiger charge is -2.06. The number of hydrogen-bond donors (Lipinski definition) is 1. The van der Waals surface area contributed by atoms with E-state index in [4.69, 9.17) is 14.5 Å². The zero-order valence-electron chi connectivity index (χ0n) is 17.6. The van der Waals surface area contributed by atoms with Gasteiger partial charge in [-0.2, -0.15) is 0 Å². The van der Waals surface area contributed by atoms with Crippen molar-refractivity contribution in [1.29, 1.82) is 0 Å². The molecule has 0 saturated heterocycles. The number of imidazole rings is 1. The van der Waals surface area contributed by atoms with Gasteiger partial charge in [0, 0.05) is 17.2 Å². The maximum absolute atomic E-state index is 11.3.